The lowest BCUT2D eigenvalue weighted by Gasteiger charge is -2.19. The molecule has 33 heavy (non-hydrogen) atoms. The maximum absolute atomic E-state index is 13.2. The highest BCUT2D eigenvalue weighted by atomic mass is 16.5. The molecule has 1 aliphatic heterocycles. The van der Waals surface area contributed by atoms with Crippen LogP contribution in [0.25, 0.3) is 22.8 Å². The topological polar surface area (TPSA) is 94.8 Å². The molecule has 2 heterocycles. The van der Waals surface area contributed by atoms with Crippen molar-refractivity contribution in [2.24, 2.45) is 23.7 Å². The molecule has 3 aliphatic rings. The van der Waals surface area contributed by atoms with E-state index in [0.29, 0.717) is 51.9 Å². The Balaban J connectivity index is 1.30. The van der Waals surface area contributed by atoms with E-state index in [1.165, 1.54) is 4.90 Å². The van der Waals surface area contributed by atoms with Crippen molar-refractivity contribution in [1.29, 1.82) is 0 Å². The standard InChI is InChI=1S/C25H23N3O5/c1-31-18-9-8-15(12-19(18)32-2)22-26-23(33-27-22)16-4-3-5-17(11-16)28-24(29)20-13-6-7-14(10-13)21(20)25(28)30/h3-5,8-9,11-14,20-21H,6-7,10H2,1-2H3. The highest BCUT2D eigenvalue weighted by Gasteiger charge is 2.61. The number of anilines is 1. The number of imide groups is 1. The van der Waals surface area contributed by atoms with Crippen LogP contribution in [0.5, 0.6) is 11.5 Å². The second kappa shape index (κ2) is 7.43. The lowest BCUT2D eigenvalue weighted by atomic mass is 9.81. The molecule has 8 nitrogen and oxygen atoms in total. The van der Waals surface area contributed by atoms with Crippen LogP contribution in [0, 0.1) is 23.7 Å². The summed E-state index contributed by atoms with van der Waals surface area (Å²) in [6.07, 6.45) is 3.13. The molecule has 2 bridgehead atoms. The molecule has 4 atom stereocenters. The van der Waals surface area contributed by atoms with Gasteiger partial charge in [-0.05, 0) is 67.5 Å². The summed E-state index contributed by atoms with van der Waals surface area (Å²) in [5.41, 5.74) is 1.92. The number of methoxy groups -OCH3 is 2. The normalized spacial score (nSPS) is 25.6. The first kappa shape index (κ1) is 20.0. The predicted octanol–water partition coefficient (Wildman–Crippen LogP) is 3.96. The van der Waals surface area contributed by atoms with Crippen molar-refractivity contribution in [3.05, 3.63) is 42.5 Å². The molecule has 6 rings (SSSR count). The van der Waals surface area contributed by atoms with Crippen LogP contribution < -0.4 is 14.4 Å². The minimum atomic E-state index is -0.153. The number of aromatic nitrogens is 2. The molecule has 2 aliphatic carbocycles. The van der Waals surface area contributed by atoms with Gasteiger partial charge in [0.05, 0.1) is 31.7 Å². The fraction of sp³-hybridized carbons (Fsp3) is 0.360. The first-order valence-corrected chi connectivity index (χ1v) is 11.1. The number of carbonyl (C=O) groups excluding carboxylic acids is 2. The van der Waals surface area contributed by atoms with Crippen molar-refractivity contribution in [2.75, 3.05) is 19.1 Å². The van der Waals surface area contributed by atoms with Crippen LogP contribution >= 0.6 is 0 Å². The van der Waals surface area contributed by atoms with Gasteiger partial charge < -0.3 is 14.0 Å². The van der Waals surface area contributed by atoms with Crippen LogP contribution in [0.2, 0.25) is 0 Å². The van der Waals surface area contributed by atoms with Crippen molar-refractivity contribution in [2.45, 2.75) is 19.3 Å². The van der Waals surface area contributed by atoms with E-state index in [1.807, 2.05) is 12.1 Å². The van der Waals surface area contributed by atoms with Crippen molar-refractivity contribution in [3.8, 4) is 34.3 Å². The number of rotatable bonds is 5. The third kappa shape index (κ3) is 2.97. The molecule has 2 saturated carbocycles. The Morgan fingerprint density at radius 3 is 2.33 bits per heavy atom. The van der Waals surface area contributed by atoms with Crippen molar-refractivity contribution in [1.82, 2.24) is 10.1 Å². The molecule has 168 valence electrons. The molecular weight excluding hydrogens is 422 g/mol. The Morgan fingerprint density at radius 2 is 1.64 bits per heavy atom. The van der Waals surface area contributed by atoms with E-state index in [2.05, 4.69) is 10.1 Å². The van der Waals surface area contributed by atoms with E-state index in [1.54, 1.807) is 44.6 Å². The van der Waals surface area contributed by atoms with Gasteiger partial charge in [0.15, 0.2) is 11.5 Å². The summed E-state index contributed by atoms with van der Waals surface area (Å²) < 4.78 is 16.1. The fourth-order valence-electron chi connectivity index (χ4n) is 5.87. The molecule has 1 saturated heterocycles. The minimum Gasteiger partial charge on any atom is -0.493 e. The Morgan fingerprint density at radius 1 is 0.909 bits per heavy atom. The van der Waals surface area contributed by atoms with E-state index in [0.717, 1.165) is 19.3 Å². The molecule has 2 amide bonds. The largest absolute Gasteiger partial charge is 0.493 e. The van der Waals surface area contributed by atoms with Gasteiger partial charge in [-0.1, -0.05) is 11.2 Å². The van der Waals surface area contributed by atoms with Crippen molar-refractivity contribution >= 4 is 17.5 Å². The number of hydrogen-bond donors (Lipinski definition) is 0. The Hall–Kier alpha value is -3.68. The van der Waals surface area contributed by atoms with E-state index < -0.39 is 0 Å². The van der Waals surface area contributed by atoms with Gasteiger partial charge in [-0.25, -0.2) is 0 Å². The Bertz CT molecular complexity index is 1240. The molecule has 0 radical (unpaired) electrons. The Kier molecular flexibility index (Phi) is 4.50. The number of benzene rings is 2. The zero-order chi connectivity index (χ0) is 22.7. The number of nitrogens with zero attached hydrogens (tertiary/aromatic N) is 3. The van der Waals surface area contributed by atoms with E-state index in [9.17, 15) is 9.59 Å². The number of ether oxygens (including phenoxy) is 2. The summed E-state index contributed by atoms with van der Waals surface area (Å²) in [5.74, 6) is 2.15. The molecular formula is C25H23N3O5. The zero-order valence-electron chi connectivity index (χ0n) is 18.4. The van der Waals surface area contributed by atoms with Gasteiger partial charge in [0, 0.05) is 11.1 Å². The van der Waals surface area contributed by atoms with Gasteiger partial charge in [-0.2, -0.15) is 4.98 Å². The van der Waals surface area contributed by atoms with Gasteiger partial charge >= 0.3 is 0 Å². The molecule has 3 aromatic rings. The molecule has 4 unspecified atom stereocenters. The van der Waals surface area contributed by atoms with Crippen molar-refractivity contribution in [3.63, 3.8) is 0 Å². The quantitative estimate of drug-likeness (QED) is 0.549. The predicted molar refractivity (Wildman–Crippen MR) is 119 cm³/mol. The third-order valence-corrected chi connectivity index (χ3v) is 7.35. The number of carbonyl (C=O) groups is 2. The SMILES string of the molecule is COc1ccc(-c2noc(-c3cccc(N4C(=O)C5C6CCC(C6)C5C4=O)c3)n2)cc1OC. The monoisotopic (exact) mass is 445 g/mol. The van der Waals surface area contributed by atoms with Crippen LogP contribution in [0.1, 0.15) is 19.3 Å². The van der Waals surface area contributed by atoms with Crippen LogP contribution in [-0.4, -0.2) is 36.2 Å². The lowest BCUT2D eigenvalue weighted by Crippen LogP contribution is -2.32. The maximum atomic E-state index is 13.2. The zero-order valence-corrected chi connectivity index (χ0v) is 18.4. The second-order valence-corrected chi connectivity index (χ2v) is 8.94. The molecule has 8 heteroatoms. The van der Waals surface area contributed by atoms with Gasteiger partial charge in [0.2, 0.25) is 17.6 Å². The number of amides is 2. The Labute approximate surface area is 190 Å². The average Bonchev–Trinajstić information content (AvgIpc) is 3.63. The maximum Gasteiger partial charge on any atom is 0.258 e. The number of fused-ring (bicyclic) bond motifs is 5. The number of hydrogen-bond acceptors (Lipinski definition) is 7. The lowest BCUT2D eigenvalue weighted by molar-refractivity contribution is -0.123. The fourth-order valence-corrected chi connectivity index (χ4v) is 5.87. The molecule has 0 N–H and O–H groups in total. The van der Waals surface area contributed by atoms with E-state index in [4.69, 9.17) is 14.0 Å². The highest BCUT2D eigenvalue weighted by Crippen LogP contribution is 2.56. The molecule has 0 spiro atoms. The summed E-state index contributed by atoms with van der Waals surface area (Å²) in [6.45, 7) is 0. The van der Waals surface area contributed by atoms with Crippen LogP contribution in [-0.2, 0) is 9.59 Å². The molecule has 2 aromatic carbocycles. The van der Waals surface area contributed by atoms with E-state index >= 15 is 0 Å². The van der Waals surface area contributed by atoms with Gasteiger partial charge in [0.1, 0.15) is 0 Å². The highest BCUT2D eigenvalue weighted by molar-refractivity contribution is 6.22. The van der Waals surface area contributed by atoms with Gasteiger partial charge in [-0.3, -0.25) is 14.5 Å². The second-order valence-electron chi connectivity index (χ2n) is 8.94. The van der Waals surface area contributed by atoms with Crippen molar-refractivity contribution < 1.29 is 23.6 Å². The first-order valence-electron chi connectivity index (χ1n) is 11.1. The average molecular weight is 445 g/mol. The van der Waals surface area contributed by atoms with Gasteiger partial charge in [-0.15, -0.1) is 0 Å². The summed E-state index contributed by atoms with van der Waals surface area (Å²) in [7, 11) is 3.14. The molecule has 1 aromatic heterocycles. The summed E-state index contributed by atoms with van der Waals surface area (Å²) in [6, 6.07) is 12.6. The summed E-state index contributed by atoms with van der Waals surface area (Å²) in [5, 5.41) is 4.10. The minimum absolute atomic E-state index is 0.0640. The van der Waals surface area contributed by atoms with Crippen LogP contribution in [0.4, 0.5) is 5.69 Å². The van der Waals surface area contributed by atoms with Crippen LogP contribution in [0.15, 0.2) is 47.0 Å². The van der Waals surface area contributed by atoms with E-state index in [-0.39, 0.29) is 23.7 Å². The molecule has 3 fully saturated rings. The smallest absolute Gasteiger partial charge is 0.258 e. The van der Waals surface area contributed by atoms with Crippen LogP contribution in [0.3, 0.4) is 0 Å². The first-order chi connectivity index (χ1) is 16.1. The summed E-state index contributed by atoms with van der Waals surface area (Å²) >= 11 is 0. The van der Waals surface area contributed by atoms with Gasteiger partial charge in [0.25, 0.3) is 5.89 Å². The summed E-state index contributed by atoms with van der Waals surface area (Å²) in [4.78, 5) is 32.2. The third-order valence-electron chi connectivity index (χ3n) is 7.35.